The Labute approximate surface area is 173 Å². The van der Waals surface area contributed by atoms with E-state index < -0.39 is 5.82 Å². The van der Waals surface area contributed by atoms with E-state index in [0.717, 1.165) is 0 Å². The molecule has 0 saturated carbocycles. The van der Waals surface area contributed by atoms with Crippen molar-refractivity contribution in [2.24, 2.45) is 4.99 Å². The summed E-state index contributed by atoms with van der Waals surface area (Å²) in [6.07, 6.45) is 1.45. The molecule has 140 valence electrons. The van der Waals surface area contributed by atoms with Gasteiger partial charge in [-0.1, -0.05) is 34.8 Å². The number of phenolic OH excluding ortho intramolecular Hbond substituents is 1. The molecular formula is C20H10Cl3FN2O2. The van der Waals surface area contributed by atoms with Gasteiger partial charge in [0.15, 0.2) is 5.58 Å². The van der Waals surface area contributed by atoms with Crippen molar-refractivity contribution in [2.75, 3.05) is 0 Å². The summed E-state index contributed by atoms with van der Waals surface area (Å²) < 4.78 is 18.9. The number of aromatic nitrogens is 1. The van der Waals surface area contributed by atoms with Gasteiger partial charge in [-0.05, 0) is 48.5 Å². The van der Waals surface area contributed by atoms with Crippen LogP contribution in [0.1, 0.15) is 5.56 Å². The van der Waals surface area contributed by atoms with Crippen LogP contribution in [-0.4, -0.2) is 16.3 Å². The zero-order valence-corrected chi connectivity index (χ0v) is 16.2. The third kappa shape index (κ3) is 3.69. The molecule has 28 heavy (non-hydrogen) atoms. The van der Waals surface area contributed by atoms with Gasteiger partial charge in [0.1, 0.15) is 17.1 Å². The summed E-state index contributed by atoms with van der Waals surface area (Å²) in [5, 5.41) is 10.7. The first-order chi connectivity index (χ1) is 13.4. The number of hydrogen-bond acceptors (Lipinski definition) is 4. The van der Waals surface area contributed by atoms with E-state index in [9.17, 15) is 9.50 Å². The average molecular weight is 436 g/mol. The minimum Gasteiger partial charge on any atom is -0.506 e. The summed E-state index contributed by atoms with van der Waals surface area (Å²) in [7, 11) is 0. The van der Waals surface area contributed by atoms with Gasteiger partial charge in [0.25, 0.3) is 0 Å². The quantitative estimate of drug-likeness (QED) is 0.351. The minimum atomic E-state index is -0.439. The fourth-order valence-corrected chi connectivity index (χ4v) is 3.36. The molecule has 0 radical (unpaired) electrons. The monoisotopic (exact) mass is 434 g/mol. The zero-order chi connectivity index (χ0) is 19.8. The molecule has 1 aromatic heterocycles. The van der Waals surface area contributed by atoms with Crippen LogP contribution in [0.4, 0.5) is 10.1 Å². The predicted octanol–water partition coefficient (Wildman–Crippen LogP) is 7.05. The van der Waals surface area contributed by atoms with Crippen molar-refractivity contribution in [3.63, 3.8) is 0 Å². The number of phenols is 1. The van der Waals surface area contributed by atoms with E-state index in [1.165, 1.54) is 30.5 Å². The van der Waals surface area contributed by atoms with Crippen molar-refractivity contribution in [2.45, 2.75) is 0 Å². The maximum absolute atomic E-state index is 13.2. The van der Waals surface area contributed by atoms with E-state index in [-0.39, 0.29) is 21.7 Å². The number of benzene rings is 3. The molecule has 0 bridgehead atoms. The summed E-state index contributed by atoms with van der Waals surface area (Å²) in [6, 6.07) is 12.1. The number of aromatic hydroxyl groups is 1. The van der Waals surface area contributed by atoms with Crippen LogP contribution in [0.3, 0.4) is 0 Å². The topological polar surface area (TPSA) is 58.6 Å². The molecule has 4 aromatic rings. The summed E-state index contributed by atoms with van der Waals surface area (Å²) in [5.74, 6) is -0.267. The fourth-order valence-electron chi connectivity index (χ4n) is 2.60. The van der Waals surface area contributed by atoms with Crippen molar-refractivity contribution in [3.8, 4) is 17.2 Å². The zero-order valence-electron chi connectivity index (χ0n) is 14.0. The van der Waals surface area contributed by atoms with Crippen molar-refractivity contribution in [3.05, 3.63) is 75.0 Å². The number of oxazole rings is 1. The second kappa shape index (κ2) is 7.43. The van der Waals surface area contributed by atoms with Crippen LogP contribution >= 0.6 is 34.8 Å². The van der Waals surface area contributed by atoms with Crippen molar-refractivity contribution >= 4 is 57.8 Å². The number of halogens is 4. The SMILES string of the molecule is Oc1c(Cl)cc(Cl)cc1C=Nc1ccc2oc(-c3ccc(F)cc3Cl)nc2c1. The second-order valence-corrected chi connectivity index (χ2v) is 7.13. The van der Waals surface area contributed by atoms with Crippen LogP contribution in [0.15, 0.2) is 57.9 Å². The number of hydrogen-bond donors (Lipinski definition) is 1. The first-order valence-electron chi connectivity index (χ1n) is 7.99. The Hall–Kier alpha value is -2.60. The number of aliphatic imine (C=N–C) groups is 1. The lowest BCUT2D eigenvalue weighted by molar-refractivity contribution is 0.475. The molecule has 0 aliphatic rings. The van der Waals surface area contributed by atoms with E-state index in [4.69, 9.17) is 39.2 Å². The number of rotatable bonds is 3. The highest BCUT2D eigenvalue weighted by atomic mass is 35.5. The molecule has 4 rings (SSSR count). The largest absolute Gasteiger partial charge is 0.506 e. The van der Waals surface area contributed by atoms with Crippen molar-refractivity contribution < 1.29 is 13.9 Å². The number of fused-ring (bicyclic) bond motifs is 1. The Balaban J connectivity index is 1.69. The van der Waals surface area contributed by atoms with E-state index in [0.29, 0.717) is 32.9 Å². The Morgan fingerprint density at radius 3 is 2.61 bits per heavy atom. The maximum Gasteiger partial charge on any atom is 0.228 e. The van der Waals surface area contributed by atoms with Crippen molar-refractivity contribution in [1.82, 2.24) is 4.98 Å². The molecule has 8 heteroatoms. The second-order valence-electron chi connectivity index (χ2n) is 5.88. The highest BCUT2D eigenvalue weighted by Crippen LogP contribution is 2.33. The lowest BCUT2D eigenvalue weighted by Gasteiger charge is -2.02. The molecular weight excluding hydrogens is 426 g/mol. The van der Waals surface area contributed by atoms with Crippen LogP contribution in [0.2, 0.25) is 15.1 Å². The molecule has 1 heterocycles. The van der Waals surface area contributed by atoms with Crippen LogP contribution in [0.25, 0.3) is 22.6 Å². The highest BCUT2D eigenvalue weighted by molar-refractivity contribution is 6.36. The maximum atomic E-state index is 13.2. The molecule has 0 amide bonds. The molecule has 3 aromatic carbocycles. The van der Waals surface area contributed by atoms with E-state index in [1.54, 1.807) is 24.3 Å². The highest BCUT2D eigenvalue weighted by Gasteiger charge is 2.13. The summed E-state index contributed by atoms with van der Waals surface area (Å²) in [6.45, 7) is 0. The predicted molar refractivity (Wildman–Crippen MR) is 110 cm³/mol. The molecule has 0 unspecified atom stereocenters. The Morgan fingerprint density at radius 2 is 1.82 bits per heavy atom. The van der Waals surface area contributed by atoms with Gasteiger partial charge in [0.2, 0.25) is 5.89 Å². The van der Waals surface area contributed by atoms with Crippen LogP contribution in [0.5, 0.6) is 5.75 Å². The minimum absolute atomic E-state index is 0.106. The van der Waals surface area contributed by atoms with E-state index in [2.05, 4.69) is 9.98 Å². The molecule has 1 N–H and O–H groups in total. The lowest BCUT2D eigenvalue weighted by atomic mass is 10.2. The van der Waals surface area contributed by atoms with Gasteiger partial charge in [0, 0.05) is 16.8 Å². The van der Waals surface area contributed by atoms with Gasteiger partial charge in [-0.3, -0.25) is 4.99 Å². The van der Waals surface area contributed by atoms with E-state index >= 15 is 0 Å². The van der Waals surface area contributed by atoms with Gasteiger partial charge in [-0.25, -0.2) is 9.37 Å². The molecule has 4 nitrogen and oxygen atoms in total. The van der Waals surface area contributed by atoms with Crippen molar-refractivity contribution in [1.29, 1.82) is 0 Å². The average Bonchev–Trinajstić information content (AvgIpc) is 3.06. The Morgan fingerprint density at radius 1 is 1.00 bits per heavy atom. The first kappa shape index (κ1) is 18.7. The first-order valence-corrected chi connectivity index (χ1v) is 9.12. The van der Waals surface area contributed by atoms with Crippen LogP contribution < -0.4 is 0 Å². The lowest BCUT2D eigenvalue weighted by Crippen LogP contribution is -1.84. The Bertz CT molecular complexity index is 1240. The normalized spacial score (nSPS) is 11.6. The standard InChI is InChI=1S/C20H10Cl3FN2O2/c21-11-5-10(19(27)16(23)6-11)9-25-13-2-4-18-17(8-13)26-20(28-18)14-3-1-12(24)7-15(14)22/h1-9,27H. The molecule has 0 aliphatic carbocycles. The smallest absolute Gasteiger partial charge is 0.228 e. The summed E-state index contributed by atoms with van der Waals surface area (Å²) in [4.78, 5) is 8.72. The van der Waals surface area contributed by atoms with Gasteiger partial charge in [0.05, 0.1) is 21.3 Å². The molecule has 0 fully saturated rings. The summed E-state index contributed by atoms with van der Waals surface area (Å²) >= 11 is 17.9. The Kier molecular flexibility index (Phi) is 4.98. The molecule has 0 spiro atoms. The van der Waals surface area contributed by atoms with Gasteiger partial charge in [-0.15, -0.1) is 0 Å². The third-order valence-corrected chi connectivity index (χ3v) is 4.76. The van der Waals surface area contributed by atoms with Crippen LogP contribution in [-0.2, 0) is 0 Å². The van der Waals surface area contributed by atoms with Gasteiger partial charge < -0.3 is 9.52 Å². The number of nitrogens with zero attached hydrogens (tertiary/aromatic N) is 2. The fraction of sp³-hybridized carbons (Fsp3) is 0. The molecule has 0 saturated heterocycles. The molecule has 0 aliphatic heterocycles. The van der Waals surface area contributed by atoms with E-state index in [1.807, 2.05) is 0 Å². The summed E-state index contributed by atoms with van der Waals surface area (Å²) in [5.41, 5.74) is 2.54. The van der Waals surface area contributed by atoms with Gasteiger partial charge in [-0.2, -0.15) is 0 Å². The van der Waals surface area contributed by atoms with Crippen LogP contribution in [0, 0.1) is 5.82 Å². The molecule has 0 atom stereocenters. The third-order valence-electron chi connectivity index (χ3n) is 3.94. The van der Waals surface area contributed by atoms with Gasteiger partial charge >= 0.3 is 0 Å².